The molecule has 0 atom stereocenters. The Morgan fingerprint density at radius 3 is 2.31 bits per heavy atom. The monoisotopic (exact) mass is 497 g/mol. The Morgan fingerprint density at radius 1 is 1.11 bits per heavy atom. The lowest BCUT2D eigenvalue weighted by molar-refractivity contribution is 0.0952. The second-order valence-corrected chi connectivity index (χ2v) is 12.5. The maximum atomic E-state index is 13.3. The van der Waals surface area contributed by atoms with Gasteiger partial charge >= 0.3 is 0 Å². The maximum absolute atomic E-state index is 13.3. The quantitative estimate of drug-likeness (QED) is 0.547. The molecule has 9 heteroatoms. The standard InChI is InChI=1S/C26H35N5O3S/c1-17(2)22-15-21(23-18(3)29-31(24(23)28-22)26(4,5)6)25(32)27-16-19-9-11-20(12-10-19)35(33,34)30-13-7-8-14-30/h9-12,15,17H,7-8,13-14,16H2,1-6H3,(H,27,32). The number of nitrogens with one attached hydrogen (secondary N) is 1. The van der Waals surface area contributed by atoms with Crippen molar-refractivity contribution in [3.63, 3.8) is 0 Å². The van der Waals surface area contributed by atoms with E-state index in [1.165, 1.54) is 4.31 Å². The number of pyridine rings is 1. The highest BCUT2D eigenvalue weighted by atomic mass is 32.2. The van der Waals surface area contributed by atoms with Crippen molar-refractivity contribution in [2.24, 2.45) is 0 Å². The third kappa shape index (κ3) is 4.97. The molecule has 188 valence electrons. The van der Waals surface area contributed by atoms with Crippen molar-refractivity contribution in [2.45, 2.75) is 77.3 Å². The van der Waals surface area contributed by atoms with Crippen molar-refractivity contribution < 1.29 is 13.2 Å². The molecular weight excluding hydrogens is 462 g/mol. The average Bonchev–Trinajstić information content (AvgIpc) is 3.46. The van der Waals surface area contributed by atoms with Crippen molar-refractivity contribution in [2.75, 3.05) is 13.1 Å². The summed E-state index contributed by atoms with van der Waals surface area (Å²) in [7, 11) is -3.45. The first kappa shape index (κ1) is 25.3. The van der Waals surface area contributed by atoms with Gasteiger partial charge in [0.05, 0.1) is 27.1 Å². The van der Waals surface area contributed by atoms with Crippen LogP contribution in [0.4, 0.5) is 0 Å². The lowest BCUT2D eigenvalue weighted by atomic mass is 10.0. The smallest absolute Gasteiger partial charge is 0.252 e. The Morgan fingerprint density at radius 2 is 1.74 bits per heavy atom. The lowest BCUT2D eigenvalue weighted by Gasteiger charge is -2.20. The SMILES string of the molecule is Cc1nn(C(C)(C)C)c2nc(C(C)C)cc(C(=O)NCc3ccc(S(=O)(=O)N4CCCC4)cc3)c12. The van der Waals surface area contributed by atoms with Gasteiger partial charge in [0.15, 0.2) is 5.65 Å². The number of carbonyl (C=O) groups is 1. The molecule has 0 aliphatic carbocycles. The van der Waals surface area contributed by atoms with Gasteiger partial charge < -0.3 is 5.32 Å². The highest BCUT2D eigenvalue weighted by Gasteiger charge is 2.27. The van der Waals surface area contributed by atoms with Crippen LogP contribution in [-0.2, 0) is 22.1 Å². The van der Waals surface area contributed by atoms with Crippen molar-refractivity contribution in [1.82, 2.24) is 24.4 Å². The van der Waals surface area contributed by atoms with E-state index in [0.717, 1.165) is 35.2 Å². The van der Waals surface area contributed by atoms with Gasteiger partial charge in [-0.15, -0.1) is 0 Å². The molecule has 4 rings (SSSR count). The summed E-state index contributed by atoms with van der Waals surface area (Å²) >= 11 is 0. The minimum Gasteiger partial charge on any atom is -0.348 e. The molecular formula is C26H35N5O3S. The predicted octanol–water partition coefficient (Wildman–Crippen LogP) is 4.33. The number of carbonyl (C=O) groups excluding carboxylic acids is 1. The molecule has 35 heavy (non-hydrogen) atoms. The Hall–Kier alpha value is -2.78. The van der Waals surface area contributed by atoms with E-state index in [1.54, 1.807) is 24.3 Å². The van der Waals surface area contributed by atoms with E-state index < -0.39 is 10.0 Å². The number of aromatic nitrogens is 3. The summed E-state index contributed by atoms with van der Waals surface area (Å²) in [4.78, 5) is 18.5. The summed E-state index contributed by atoms with van der Waals surface area (Å²) in [6, 6.07) is 8.61. The summed E-state index contributed by atoms with van der Waals surface area (Å²) in [5.41, 5.74) is 3.42. The second-order valence-electron chi connectivity index (χ2n) is 10.6. The Bertz CT molecular complexity index is 1350. The number of rotatable bonds is 6. The third-order valence-electron chi connectivity index (χ3n) is 6.38. The van der Waals surface area contributed by atoms with E-state index in [-0.39, 0.29) is 28.8 Å². The summed E-state index contributed by atoms with van der Waals surface area (Å²) in [6.45, 7) is 13.6. The van der Waals surface area contributed by atoms with Crippen LogP contribution in [0, 0.1) is 6.92 Å². The van der Waals surface area contributed by atoms with E-state index >= 15 is 0 Å². The molecule has 2 aromatic heterocycles. The number of fused-ring (bicyclic) bond motifs is 1. The second kappa shape index (κ2) is 9.35. The fourth-order valence-corrected chi connectivity index (χ4v) is 5.90. The molecule has 0 unspecified atom stereocenters. The van der Waals surface area contributed by atoms with Gasteiger partial charge in [-0.05, 0) is 70.2 Å². The largest absolute Gasteiger partial charge is 0.348 e. The Labute approximate surface area is 207 Å². The highest BCUT2D eigenvalue weighted by Crippen LogP contribution is 2.29. The molecule has 1 aliphatic heterocycles. The van der Waals surface area contributed by atoms with E-state index in [9.17, 15) is 13.2 Å². The lowest BCUT2D eigenvalue weighted by Crippen LogP contribution is -2.28. The van der Waals surface area contributed by atoms with Gasteiger partial charge in [0.2, 0.25) is 10.0 Å². The summed E-state index contributed by atoms with van der Waals surface area (Å²) in [5, 5.41) is 8.46. The number of hydrogen-bond acceptors (Lipinski definition) is 5. The van der Waals surface area contributed by atoms with E-state index in [4.69, 9.17) is 10.1 Å². The van der Waals surface area contributed by atoms with E-state index in [1.807, 2.05) is 17.7 Å². The van der Waals surface area contributed by atoms with Gasteiger partial charge in [-0.25, -0.2) is 18.1 Å². The van der Waals surface area contributed by atoms with Crippen molar-refractivity contribution in [1.29, 1.82) is 0 Å². The summed E-state index contributed by atoms with van der Waals surface area (Å²) in [6.07, 6.45) is 1.80. The zero-order chi connectivity index (χ0) is 25.5. The van der Waals surface area contributed by atoms with Crippen LogP contribution < -0.4 is 5.32 Å². The van der Waals surface area contributed by atoms with Crippen LogP contribution in [0.2, 0.25) is 0 Å². The van der Waals surface area contributed by atoms with Gasteiger partial charge in [0, 0.05) is 25.3 Å². The molecule has 3 aromatic rings. The van der Waals surface area contributed by atoms with Gasteiger partial charge in [-0.2, -0.15) is 9.40 Å². The molecule has 1 N–H and O–H groups in total. The predicted molar refractivity (Wildman–Crippen MR) is 137 cm³/mol. The Balaban J connectivity index is 1.59. The number of hydrogen-bond donors (Lipinski definition) is 1. The van der Waals surface area contributed by atoms with Crippen LogP contribution in [-0.4, -0.2) is 46.5 Å². The van der Waals surface area contributed by atoms with Crippen LogP contribution in [0.5, 0.6) is 0 Å². The van der Waals surface area contributed by atoms with E-state index in [0.29, 0.717) is 24.3 Å². The number of nitrogens with zero attached hydrogens (tertiary/aromatic N) is 4. The topological polar surface area (TPSA) is 97.2 Å². The van der Waals surface area contributed by atoms with E-state index in [2.05, 4.69) is 39.9 Å². The maximum Gasteiger partial charge on any atom is 0.252 e. The number of amides is 1. The van der Waals surface area contributed by atoms with Crippen molar-refractivity contribution in [3.8, 4) is 0 Å². The van der Waals surface area contributed by atoms with Gasteiger partial charge in [-0.1, -0.05) is 26.0 Å². The normalized spacial score (nSPS) is 15.3. The fourth-order valence-electron chi connectivity index (χ4n) is 4.39. The molecule has 0 spiro atoms. The molecule has 8 nitrogen and oxygen atoms in total. The molecule has 1 saturated heterocycles. The molecule has 1 aliphatic rings. The highest BCUT2D eigenvalue weighted by molar-refractivity contribution is 7.89. The van der Waals surface area contributed by atoms with Crippen LogP contribution in [0.1, 0.15) is 80.7 Å². The molecule has 0 bridgehead atoms. The molecule has 3 heterocycles. The van der Waals surface area contributed by atoms with Crippen molar-refractivity contribution in [3.05, 3.63) is 52.8 Å². The van der Waals surface area contributed by atoms with Gasteiger partial charge in [-0.3, -0.25) is 4.79 Å². The Kier molecular flexibility index (Phi) is 6.76. The van der Waals surface area contributed by atoms with Crippen LogP contribution >= 0.6 is 0 Å². The minimum atomic E-state index is -3.45. The first-order chi connectivity index (χ1) is 16.4. The molecule has 0 radical (unpaired) electrons. The van der Waals surface area contributed by atoms with Crippen LogP contribution in [0.3, 0.4) is 0 Å². The van der Waals surface area contributed by atoms with Crippen LogP contribution in [0.25, 0.3) is 11.0 Å². The number of aryl methyl sites for hydroxylation is 1. The van der Waals surface area contributed by atoms with Crippen molar-refractivity contribution >= 4 is 27.0 Å². The minimum absolute atomic E-state index is 0.152. The first-order valence-electron chi connectivity index (χ1n) is 12.2. The summed E-state index contributed by atoms with van der Waals surface area (Å²) in [5.74, 6) is -0.0516. The zero-order valence-corrected chi connectivity index (χ0v) is 22.2. The first-order valence-corrected chi connectivity index (χ1v) is 13.6. The summed E-state index contributed by atoms with van der Waals surface area (Å²) < 4.78 is 28.9. The van der Waals surface area contributed by atoms with Crippen LogP contribution in [0.15, 0.2) is 35.2 Å². The molecule has 1 aromatic carbocycles. The van der Waals surface area contributed by atoms with Gasteiger partial charge in [0.25, 0.3) is 5.91 Å². The number of benzene rings is 1. The zero-order valence-electron chi connectivity index (χ0n) is 21.4. The average molecular weight is 498 g/mol. The molecule has 0 saturated carbocycles. The van der Waals surface area contributed by atoms with Gasteiger partial charge in [0.1, 0.15) is 0 Å². The third-order valence-corrected chi connectivity index (χ3v) is 8.30. The number of sulfonamides is 1. The molecule has 1 amide bonds. The fraction of sp³-hybridized carbons (Fsp3) is 0.500. The molecule has 1 fully saturated rings.